The first-order chi connectivity index (χ1) is 8.13. The monoisotopic (exact) mass is 237 g/mol. The highest BCUT2D eigenvalue weighted by Crippen LogP contribution is 2.11. The van der Waals surface area contributed by atoms with Crippen molar-refractivity contribution in [3.8, 4) is 0 Å². The number of nitrogens with zero attached hydrogens (tertiary/aromatic N) is 4. The minimum atomic E-state index is 0.625. The fourth-order valence-electron chi connectivity index (χ4n) is 2.46. The van der Waals surface area contributed by atoms with Gasteiger partial charge in [-0.1, -0.05) is 19.1 Å². The molecule has 1 aliphatic rings. The van der Waals surface area contributed by atoms with E-state index in [0.717, 1.165) is 37.8 Å². The van der Waals surface area contributed by atoms with Crippen molar-refractivity contribution in [2.24, 2.45) is 13.0 Å². The average Bonchev–Trinajstić information content (AvgIpc) is 2.63. The van der Waals surface area contributed by atoms with Crippen molar-refractivity contribution in [2.45, 2.75) is 32.9 Å². The van der Waals surface area contributed by atoms with Gasteiger partial charge in [0.2, 0.25) is 0 Å². The maximum atomic E-state index is 4.15. The summed E-state index contributed by atoms with van der Waals surface area (Å²) in [6.07, 6.45) is 3.25. The first-order valence-electron chi connectivity index (χ1n) is 6.44. The third-order valence-corrected chi connectivity index (χ3v) is 3.13. The molecule has 0 saturated carbocycles. The summed E-state index contributed by atoms with van der Waals surface area (Å²) in [5, 5.41) is 11.7. The van der Waals surface area contributed by atoms with Crippen LogP contribution in [-0.2, 0) is 13.6 Å². The SMILES string of the molecule is CC(C)CC1CN(Cc2cn(C)nn2)CCN1. The molecule has 1 aromatic rings. The first kappa shape index (κ1) is 12.5. The lowest BCUT2D eigenvalue weighted by Crippen LogP contribution is -2.50. The second kappa shape index (κ2) is 5.60. The van der Waals surface area contributed by atoms with Gasteiger partial charge in [0.25, 0.3) is 0 Å². The summed E-state index contributed by atoms with van der Waals surface area (Å²) < 4.78 is 1.77. The molecule has 1 fully saturated rings. The van der Waals surface area contributed by atoms with E-state index in [-0.39, 0.29) is 0 Å². The second-order valence-corrected chi connectivity index (χ2v) is 5.40. The van der Waals surface area contributed by atoms with Crippen LogP contribution in [0.4, 0.5) is 0 Å². The number of hydrogen-bond donors (Lipinski definition) is 1. The Labute approximate surface area is 103 Å². The molecular weight excluding hydrogens is 214 g/mol. The molecule has 2 heterocycles. The van der Waals surface area contributed by atoms with Crippen molar-refractivity contribution in [3.05, 3.63) is 11.9 Å². The quantitative estimate of drug-likeness (QED) is 0.834. The molecule has 0 amide bonds. The molecule has 5 heteroatoms. The molecule has 1 saturated heterocycles. The fraction of sp³-hybridized carbons (Fsp3) is 0.833. The van der Waals surface area contributed by atoms with Crippen LogP contribution in [0, 0.1) is 5.92 Å². The smallest absolute Gasteiger partial charge is 0.0967 e. The third kappa shape index (κ3) is 3.78. The van der Waals surface area contributed by atoms with Gasteiger partial charge in [-0.15, -0.1) is 5.10 Å². The summed E-state index contributed by atoms with van der Waals surface area (Å²) in [5.41, 5.74) is 1.07. The molecule has 0 aromatic carbocycles. The van der Waals surface area contributed by atoms with E-state index < -0.39 is 0 Å². The minimum Gasteiger partial charge on any atom is -0.311 e. The standard InChI is InChI=1S/C12H23N5/c1-10(2)6-11-8-17(5-4-13-11)9-12-7-16(3)15-14-12/h7,10-11,13H,4-6,8-9H2,1-3H3. The molecule has 0 bridgehead atoms. The van der Waals surface area contributed by atoms with Crippen LogP contribution >= 0.6 is 0 Å². The lowest BCUT2D eigenvalue weighted by molar-refractivity contribution is 0.178. The maximum absolute atomic E-state index is 4.15. The number of aryl methyl sites for hydroxylation is 1. The highest BCUT2D eigenvalue weighted by Gasteiger charge is 2.20. The summed E-state index contributed by atoms with van der Waals surface area (Å²) in [6, 6.07) is 0.625. The first-order valence-corrected chi connectivity index (χ1v) is 6.44. The highest BCUT2D eigenvalue weighted by atomic mass is 15.4. The van der Waals surface area contributed by atoms with Crippen LogP contribution < -0.4 is 5.32 Å². The summed E-state index contributed by atoms with van der Waals surface area (Å²) in [5.74, 6) is 0.754. The van der Waals surface area contributed by atoms with Gasteiger partial charge in [-0.3, -0.25) is 9.58 Å². The van der Waals surface area contributed by atoms with Gasteiger partial charge in [0, 0.05) is 45.5 Å². The number of aromatic nitrogens is 3. The van der Waals surface area contributed by atoms with Gasteiger partial charge >= 0.3 is 0 Å². The zero-order valence-corrected chi connectivity index (χ0v) is 11.1. The zero-order valence-electron chi connectivity index (χ0n) is 11.1. The Balaban J connectivity index is 1.85. The lowest BCUT2D eigenvalue weighted by atomic mass is 10.0. The van der Waals surface area contributed by atoms with E-state index in [9.17, 15) is 0 Å². The van der Waals surface area contributed by atoms with E-state index in [1.54, 1.807) is 4.68 Å². The lowest BCUT2D eigenvalue weighted by Gasteiger charge is -2.34. The molecule has 1 unspecified atom stereocenters. The molecule has 17 heavy (non-hydrogen) atoms. The number of rotatable bonds is 4. The van der Waals surface area contributed by atoms with Crippen molar-refractivity contribution in [2.75, 3.05) is 19.6 Å². The van der Waals surface area contributed by atoms with Gasteiger partial charge in [0.15, 0.2) is 0 Å². The van der Waals surface area contributed by atoms with Crippen molar-refractivity contribution in [3.63, 3.8) is 0 Å². The minimum absolute atomic E-state index is 0.625. The van der Waals surface area contributed by atoms with Crippen molar-refractivity contribution in [1.29, 1.82) is 0 Å². The Hall–Kier alpha value is -0.940. The van der Waals surface area contributed by atoms with Gasteiger partial charge in [-0.25, -0.2) is 0 Å². The zero-order chi connectivity index (χ0) is 12.3. The molecule has 96 valence electrons. The van der Waals surface area contributed by atoms with Gasteiger partial charge < -0.3 is 5.32 Å². The summed E-state index contributed by atoms with van der Waals surface area (Å²) in [6.45, 7) is 8.79. The Bertz CT molecular complexity index is 346. The van der Waals surface area contributed by atoms with Gasteiger partial charge in [-0.2, -0.15) is 0 Å². The van der Waals surface area contributed by atoms with E-state index in [0.29, 0.717) is 6.04 Å². The third-order valence-electron chi connectivity index (χ3n) is 3.13. The second-order valence-electron chi connectivity index (χ2n) is 5.40. The van der Waals surface area contributed by atoms with E-state index in [1.807, 2.05) is 13.2 Å². The van der Waals surface area contributed by atoms with E-state index in [2.05, 4.69) is 34.4 Å². The van der Waals surface area contributed by atoms with Crippen LogP contribution in [-0.4, -0.2) is 45.6 Å². The highest BCUT2D eigenvalue weighted by molar-refractivity contribution is 4.93. The molecular formula is C12H23N5. The Morgan fingerprint density at radius 3 is 3.00 bits per heavy atom. The topological polar surface area (TPSA) is 46.0 Å². The van der Waals surface area contributed by atoms with Crippen LogP contribution in [0.3, 0.4) is 0 Å². The summed E-state index contributed by atoms with van der Waals surface area (Å²) in [4.78, 5) is 2.47. The number of piperazine rings is 1. The van der Waals surface area contributed by atoms with Crippen LogP contribution in [0.5, 0.6) is 0 Å². The van der Waals surface area contributed by atoms with Crippen LogP contribution in [0.15, 0.2) is 6.20 Å². The largest absolute Gasteiger partial charge is 0.311 e. The van der Waals surface area contributed by atoms with Crippen LogP contribution in [0.1, 0.15) is 26.0 Å². The molecule has 5 nitrogen and oxygen atoms in total. The molecule has 1 aliphatic heterocycles. The maximum Gasteiger partial charge on any atom is 0.0967 e. The van der Waals surface area contributed by atoms with Gasteiger partial charge in [0.05, 0.1) is 5.69 Å². The predicted molar refractivity (Wildman–Crippen MR) is 67.5 cm³/mol. The summed E-state index contributed by atoms with van der Waals surface area (Å²) >= 11 is 0. The van der Waals surface area contributed by atoms with E-state index >= 15 is 0 Å². The van der Waals surface area contributed by atoms with E-state index in [1.165, 1.54) is 6.42 Å². The molecule has 2 rings (SSSR count). The molecule has 0 aliphatic carbocycles. The van der Waals surface area contributed by atoms with Crippen molar-refractivity contribution in [1.82, 2.24) is 25.2 Å². The van der Waals surface area contributed by atoms with Crippen molar-refractivity contribution < 1.29 is 0 Å². The summed E-state index contributed by atoms with van der Waals surface area (Å²) in [7, 11) is 1.91. The molecule has 1 N–H and O–H groups in total. The average molecular weight is 237 g/mol. The fourth-order valence-corrected chi connectivity index (χ4v) is 2.46. The number of hydrogen-bond acceptors (Lipinski definition) is 4. The Morgan fingerprint density at radius 1 is 1.53 bits per heavy atom. The number of nitrogens with one attached hydrogen (secondary N) is 1. The molecule has 0 spiro atoms. The predicted octanol–water partition coefficient (Wildman–Crippen LogP) is 0.635. The normalized spacial score (nSPS) is 22.2. The van der Waals surface area contributed by atoms with Gasteiger partial charge in [-0.05, 0) is 12.3 Å². The molecule has 1 aromatic heterocycles. The Kier molecular flexibility index (Phi) is 4.12. The molecule has 0 radical (unpaired) electrons. The van der Waals surface area contributed by atoms with Crippen LogP contribution in [0.25, 0.3) is 0 Å². The van der Waals surface area contributed by atoms with Crippen molar-refractivity contribution >= 4 is 0 Å². The molecule has 1 atom stereocenters. The Morgan fingerprint density at radius 2 is 2.35 bits per heavy atom. The van der Waals surface area contributed by atoms with E-state index in [4.69, 9.17) is 0 Å². The van der Waals surface area contributed by atoms with Gasteiger partial charge in [0.1, 0.15) is 0 Å². The van der Waals surface area contributed by atoms with Crippen LogP contribution in [0.2, 0.25) is 0 Å².